The Morgan fingerprint density at radius 3 is 2.48 bits per heavy atom. The van der Waals surface area contributed by atoms with Crippen LogP contribution < -0.4 is 4.74 Å². The van der Waals surface area contributed by atoms with E-state index >= 15 is 0 Å². The molecule has 23 heavy (non-hydrogen) atoms. The van der Waals surface area contributed by atoms with Crippen molar-refractivity contribution in [1.82, 2.24) is 4.98 Å². The molecule has 1 aromatic heterocycles. The van der Waals surface area contributed by atoms with Crippen molar-refractivity contribution in [2.24, 2.45) is 0 Å². The summed E-state index contributed by atoms with van der Waals surface area (Å²) >= 11 is 0. The molecule has 1 aromatic carbocycles. The maximum Gasteiger partial charge on any atom is 0.355 e. The topological polar surface area (TPSA) is 71.6 Å². The minimum Gasteiger partial charge on any atom is -0.490 e. The lowest BCUT2D eigenvalue weighted by Crippen LogP contribution is -2.13. The van der Waals surface area contributed by atoms with Gasteiger partial charge in [0, 0.05) is 11.3 Å². The first kappa shape index (κ1) is 17.0. The molecule has 0 saturated carbocycles. The van der Waals surface area contributed by atoms with E-state index in [1.54, 1.807) is 20.8 Å². The van der Waals surface area contributed by atoms with Crippen molar-refractivity contribution in [3.8, 4) is 5.75 Å². The van der Waals surface area contributed by atoms with Crippen molar-refractivity contribution < 1.29 is 23.8 Å². The summed E-state index contributed by atoms with van der Waals surface area (Å²) in [6.45, 7) is 5.44. The molecule has 124 valence electrons. The van der Waals surface area contributed by atoms with Gasteiger partial charge in [0.15, 0.2) is 0 Å². The Balaban J connectivity index is 1.88. The van der Waals surface area contributed by atoms with Gasteiger partial charge in [-0.2, -0.15) is 0 Å². The van der Waals surface area contributed by atoms with Crippen LogP contribution in [-0.2, 0) is 4.74 Å². The number of rotatable bonds is 6. The summed E-state index contributed by atoms with van der Waals surface area (Å²) in [5.41, 5.74) is 2.47. The fourth-order valence-corrected chi connectivity index (χ4v) is 2.49. The molecule has 0 fully saturated rings. The van der Waals surface area contributed by atoms with Crippen LogP contribution in [0.15, 0.2) is 24.3 Å². The first-order valence-corrected chi connectivity index (χ1v) is 7.32. The Morgan fingerprint density at radius 1 is 1.26 bits per heavy atom. The number of hydrogen-bond donors (Lipinski definition) is 2. The van der Waals surface area contributed by atoms with E-state index < -0.39 is 12.1 Å². The predicted octanol–water partition coefficient (Wildman–Crippen LogP) is 3.06. The number of ether oxygens (including phenoxy) is 2. The molecule has 1 atom stereocenters. The molecule has 6 heteroatoms. The highest BCUT2D eigenvalue weighted by molar-refractivity contribution is 5.89. The largest absolute Gasteiger partial charge is 0.490 e. The highest BCUT2D eigenvalue weighted by atomic mass is 19.1. The molecular weight excluding hydrogens is 301 g/mol. The van der Waals surface area contributed by atoms with Crippen molar-refractivity contribution in [3.05, 3.63) is 52.6 Å². The predicted molar refractivity (Wildman–Crippen MR) is 83.1 cm³/mol. The molecule has 5 nitrogen and oxygen atoms in total. The summed E-state index contributed by atoms with van der Waals surface area (Å²) in [4.78, 5) is 15.0. The Morgan fingerprint density at radius 2 is 1.91 bits per heavy atom. The van der Waals surface area contributed by atoms with Crippen molar-refractivity contribution >= 4 is 5.97 Å². The molecule has 0 aliphatic rings. The molecule has 2 aromatic rings. The highest BCUT2D eigenvalue weighted by Crippen LogP contribution is 2.24. The Hall–Kier alpha value is -2.34. The van der Waals surface area contributed by atoms with E-state index in [0.29, 0.717) is 22.6 Å². The molecule has 0 bridgehead atoms. The second-order valence-corrected chi connectivity index (χ2v) is 5.28. The van der Waals surface area contributed by atoms with Crippen LogP contribution >= 0.6 is 0 Å². The maximum atomic E-state index is 12.8. The lowest BCUT2D eigenvalue weighted by atomic mass is 10.1. The van der Waals surface area contributed by atoms with E-state index in [9.17, 15) is 14.3 Å². The maximum absolute atomic E-state index is 12.8. The van der Waals surface area contributed by atoms with Gasteiger partial charge in [-0.25, -0.2) is 9.18 Å². The smallest absolute Gasteiger partial charge is 0.355 e. The van der Waals surface area contributed by atoms with Crippen LogP contribution in [-0.4, -0.2) is 29.3 Å². The van der Waals surface area contributed by atoms with Crippen molar-refractivity contribution in [3.63, 3.8) is 0 Å². The SMILES string of the molecule is Cc1[nH]c(C(=O)OCCOc2ccc(F)cc2)c(C)c1[C@H](C)O. The third kappa shape index (κ3) is 4.10. The van der Waals surface area contributed by atoms with Gasteiger partial charge < -0.3 is 19.6 Å². The third-order valence-corrected chi connectivity index (χ3v) is 3.52. The number of benzene rings is 1. The van der Waals surface area contributed by atoms with Crippen LogP contribution in [0, 0.1) is 19.7 Å². The van der Waals surface area contributed by atoms with Gasteiger partial charge in [0.25, 0.3) is 0 Å². The second kappa shape index (κ2) is 7.28. The number of aryl methyl sites for hydroxylation is 1. The van der Waals surface area contributed by atoms with Crippen LogP contribution in [0.3, 0.4) is 0 Å². The fourth-order valence-electron chi connectivity index (χ4n) is 2.49. The van der Waals surface area contributed by atoms with E-state index in [-0.39, 0.29) is 19.0 Å². The summed E-state index contributed by atoms with van der Waals surface area (Å²) in [6, 6.07) is 5.60. The number of nitrogens with one attached hydrogen (secondary N) is 1. The van der Waals surface area contributed by atoms with Crippen molar-refractivity contribution in [2.45, 2.75) is 26.9 Å². The van der Waals surface area contributed by atoms with E-state index in [4.69, 9.17) is 9.47 Å². The Bertz CT molecular complexity index is 677. The van der Waals surface area contributed by atoms with Crippen molar-refractivity contribution in [1.29, 1.82) is 0 Å². The quantitative estimate of drug-likeness (QED) is 0.633. The van der Waals surface area contributed by atoms with Gasteiger partial charge in [0.05, 0.1) is 6.10 Å². The average Bonchev–Trinajstić information content (AvgIpc) is 2.80. The fraction of sp³-hybridized carbons (Fsp3) is 0.353. The van der Waals surface area contributed by atoms with E-state index in [0.717, 1.165) is 5.69 Å². The molecule has 0 aliphatic heterocycles. The summed E-state index contributed by atoms with van der Waals surface area (Å²) in [5.74, 6) is -0.332. The summed E-state index contributed by atoms with van der Waals surface area (Å²) in [5, 5.41) is 9.72. The molecule has 0 amide bonds. The number of aliphatic hydroxyl groups excluding tert-OH is 1. The van der Waals surface area contributed by atoms with Gasteiger partial charge in [0.1, 0.15) is 30.5 Å². The van der Waals surface area contributed by atoms with Gasteiger partial charge in [-0.15, -0.1) is 0 Å². The first-order chi connectivity index (χ1) is 10.9. The number of halogens is 1. The lowest BCUT2D eigenvalue weighted by Gasteiger charge is -2.08. The molecule has 2 N–H and O–H groups in total. The number of aromatic amines is 1. The number of carbonyl (C=O) groups excluding carboxylic acids is 1. The normalized spacial score (nSPS) is 12.0. The Kier molecular flexibility index (Phi) is 5.39. The lowest BCUT2D eigenvalue weighted by molar-refractivity contribution is 0.0443. The van der Waals surface area contributed by atoms with Crippen LogP contribution in [0.5, 0.6) is 5.75 Å². The standard InChI is InChI=1S/C17H20FNO4/c1-10-15(12(3)20)11(2)19-16(10)17(21)23-9-8-22-14-6-4-13(18)5-7-14/h4-7,12,19-20H,8-9H2,1-3H3/t12-/m0/s1. The number of carbonyl (C=O) groups is 1. The zero-order valence-electron chi connectivity index (χ0n) is 13.4. The summed E-state index contributed by atoms with van der Waals surface area (Å²) in [7, 11) is 0. The molecule has 0 saturated heterocycles. The zero-order valence-corrected chi connectivity index (χ0v) is 13.4. The van der Waals surface area contributed by atoms with Crippen LogP contribution in [0.2, 0.25) is 0 Å². The van der Waals surface area contributed by atoms with E-state index in [1.807, 2.05) is 0 Å². The van der Waals surface area contributed by atoms with Crippen LogP contribution in [0.1, 0.15) is 40.3 Å². The van der Waals surface area contributed by atoms with Gasteiger partial charge >= 0.3 is 5.97 Å². The van der Waals surface area contributed by atoms with Gasteiger partial charge in [-0.05, 0) is 50.6 Å². The molecule has 1 heterocycles. The number of H-pyrrole nitrogens is 1. The van der Waals surface area contributed by atoms with Gasteiger partial charge in [-0.3, -0.25) is 0 Å². The van der Waals surface area contributed by atoms with Crippen molar-refractivity contribution in [2.75, 3.05) is 13.2 Å². The molecule has 0 unspecified atom stereocenters. The van der Waals surface area contributed by atoms with Gasteiger partial charge in [0.2, 0.25) is 0 Å². The number of aromatic nitrogens is 1. The Labute approximate surface area is 134 Å². The summed E-state index contributed by atoms with van der Waals surface area (Å²) in [6.07, 6.45) is -0.658. The average molecular weight is 321 g/mol. The summed E-state index contributed by atoms with van der Waals surface area (Å²) < 4.78 is 23.3. The monoisotopic (exact) mass is 321 g/mol. The molecule has 2 rings (SSSR count). The van der Waals surface area contributed by atoms with Crippen LogP contribution in [0.4, 0.5) is 4.39 Å². The van der Waals surface area contributed by atoms with Gasteiger partial charge in [-0.1, -0.05) is 0 Å². The first-order valence-electron chi connectivity index (χ1n) is 7.32. The minimum absolute atomic E-state index is 0.0672. The number of hydrogen-bond acceptors (Lipinski definition) is 4. The van der Waals surface area contributed by atoms with E-state index in [2.05, 4.69) is 4.98 Å². The number of aliphatic hydroxyl groups is 1. The molecular formula is C17H20FNO4. The van der Waals surface area contributed by atoms with Crippen LogP contribution in [0.25, 0.3) is 0 Å². The zero-order chi connectivity index (χ0) is 17.0. The molecule has 0 radical (unpaired) electrons. The molecule has 0 spiro atoms. The highest BCUT2D eigenvalue weighted by Gasteiger charge is 2.20. The minimum atomic E-state index is -0.658. The molecule has 0 aliphatic carbocycles. The second-order valence-electron chi connectivity index (χ2n) is 5.28. The van der Waals surface area contributed by atoms with E-state index in [1.165, 1.54) is 24.3 Å². The third-order valence-electron chi connectivity index (χ3n) is 3.52. The number of esters is 1.